The first-order chi connectivity index (χ1) is 14.3. The summed E-state index contributed by atoms with van der Waals surface area (Å²) in [6, 6.07) is 19.1. The highest BCUT2D eigenvalue weighted by molar-refractivity contribution is 7.91. The van der Waals surface area contributed by atoms with Gasteiger partial charge in [0.1, 0.15) is 12.4 Å². The molecule has 0 fully saturated rings. The molecular formula is C22H19F2NO4S. The number of nitrogens with one attached hydrogen (secondary N) is 1. The van der Waals surface area contributed by atoms with Crippen LogP contribution in [0.1, 0.15) is 21.5 Å². The number of hydrogen-bond acceptors (Lipinski definition) is 4. The maximum absolute atomic E-state index is 12.9. The van der Waals surface area contributed by atoms with Crippen LogP contribution in [0, 0.1) is 6.92 Å². The van der Waals surface area contributed by atoms with E-state index in [0.29, 0.717) is 12.4 Å². The van der Waals surface area contributed by atoms with Gasteiger partial charge in [-0.15, -0.1) is 0 Å². The van der Waals surface area contributed by atoms with Crippen molar-refractivity contribution in [1.82, 2.24) is 0 Å². The standard InChI is InChI=1S/C22H19F2NO4S/c1-15-6-4-7-16(12-15)14-29-18-9-5-8-17(13-18)21(26)25-19-10-2-3-11-20(19)30(27,28)22(23)24/h2-13,22H,14H2,1H3,(H,25,26). The van der Waals surface area contributed by atoms with Gasteiger partial charge >= 0.3 is 5.76 Å². The summed E-state index contributed by atoms with van der Waals surface area (Å²) in [5.74, 6) is -3.79. The normalized spacial score (nSPS) is 11.3. The van der Waals surface area contributed by atoms with Crippen LogP contribution in [0.5, 0.6) is 5.75 Å². The molecule has 0 spiro atoms. The van der Waals surface area contributed by atoms with Crippen LogP contribution in [0.3, 0.4) is 0 Å². The molecule has 156 valence electrons. The summed E-state index contributed by atoms with van der Waals surface area (Å²) in [7, 11) is -4.86. The Bertz CT molecular complexity index is 1160. The van der Waals surface area contributed by atoms with Crippen molar-refractivity contribution in [3.05, 3.63) is 89.5 Å². The number of carbonyl (C=O) groups excluding carboxylic acids is 1. The molecule has 0 heterocycles. The zero-order valence-electron chi connectivity index (χ0n) is 16.0. The van der Waals surface area contributed by atoms with Crippen LogP contribution >= 0.6 is 0 Å². The summed E-state index contributed by atoms with van der Waals surface area (Å²) in [5, 5.41) is 2.39. The molecule has 0 saturated carbocycles. The number of halogens is 2. The van der Waals surface area contributed by atoms with Crippen molar-refractivity contribution in [2.24, 2.45) is 0 Å². The number of anilines is 1. The molecule has 0 aliphatic heterocycles. The molecule has 8 heteroatoms. The van der Waals surface area contributed by atoms with Gasteiger partial charge in [0.2, 0.25) is 9.84 Å². The smallest absolute Gasteiger partial charge is 0.341 e. The Morgan fingerprint density at radius 2 is 1.73 bits per heavy atom. The summed E-state index contributed by atoms with van der Waals surface area (Å²) in [6.07, 6.45) is 0. The maximum Gasteiger partial charge on any atom is 0.341 e. The summed E-state index contributed by atoms with van der Waals surface area (Å²) in [5.41, 5.74) is 2.05. The number of amides is 1. The molecule has 1 amide bonds. The number of para-hydroxylation sites is 1. The lowest BCUT2D eigenvalue weighted by molar-refractivity contribution is 0.102. The van der Waals surface area contributed by atoms with Crippen LogP contribution in [-0.2, 0) is 16.4 Å². The first kappa shape index (κ1) is 21.4. The van der Waals surface area contributed by atoms with Crippen molar-refractivity contribution in [2.45, 2.75) is 24.2 Å². The predicted octanol–water partition coefficient (Wildman–Crippen LogP) is 4.82. The van der Waals surface area contributed by atoms with E-state index in [1.54, 1.807) is 12.1 Å². The van der Waals surface area contributed by atoms with Gasteiger partial charge in [0, 0.05) is 5.56 Å². The van der Waals surface area contributed by atoms with Gasteiger partial charge in [-0.25, -0.2) is 8.42 Å². The Kier molecular flexibility index (Phi) is 6.47. The molecule has 0 atom stereocenters. The minimum Gasteiger partial charge on any atom is -0.489 e. The first-order valence-electron chi connectivity index (χ1n) is 8.98. The number of rotatable bonds is 7. The predicted molar refractivity (Wildman–Crippen MR) is 110 cm³/mol. The highest BCUT2D eigenvalue weighted by Gasteiger charge is 2.29. The lowest BCUT2D eigenvalue weighted by Crippen LogP contribution is -2.17. The van der Waals surface area contributed by atoms with Crippen LogP contribution in [0.25, 0.3) is 0 Å². The monoisotopic (exact) mass is 431 g/mol. The molecular weight excluding hydrogens is 412 g/mol. The van der Waals surface area contributed by atoms with Gasteiger partial charge in [-0.3, -0.25) is 4.79 Å². The third-order valence-corrected chi connectivity index (χ3v) is 5.70. The number of carbonyl (C=O) groups is 1. The number of ether oxygens (including phenoxy) is 1. The molecule has 0 unspecified atom stereocenters. The Morgan fingerprint density at radius 1 is 1.00 bits per heavy atom. The summed E-state index contributed by atoms with van der Waals surface area (Å²) in [4.78, 5) is 11.9. The van der Waals surface area contributed by atoms with E-state index in [-0.39, 0.29) is 11.3 Å². The topological polar surface area (TPSA) is 72.5 Å². The van der Waals surface area contributed by atoms with Crippen LogP contribution in [-0.4, -0.2) is 20.1 Å². The second-order valence-electron chi connectivity index (χ2n) is 6.56. The summed E-state index contributed by atoms with van der Waals surface area (Å²) < 4.78 is 55.3. The highest BCUT2D eigenvalue weighted by Crippen LogP contribution is 2.27. The van der Waals surface area contributed by atoms with Crippen LogP contribution in [0.15, 0.2) is 77.7 Å². The van der Waals surface area contributed by atoms with Crippen molar-refractivity contribution in [2.75, 3.05) is 5.32 Å². The molecule has 0 aromatic heterocycles. The van der Waals surface area contributed by atoms with Crippen molar-refractivity contribution < 1.29 is 26.7 Å². The number of alkyl halides is 2. The Morgan fingerprint density at radius 3 is 2.47 bits per heavy atom. The van der Waals surface area contributed by atoms with Gasteiger partial charge in [0.25, 0.3) is 5.91 Å². The fourth-order valence-corrected chi connectivity index (χ4v) is 3.69. The van der Waals surface area contributed by atoms with Gasteiger partial charge in [-0.05, 0) is 42.8 Å². The number of sulfone groups is 1. The van der Waals surface area contributed by atoms with E-state index >= 15 is 0 Å². The van der Waals surface area contributed by atoms with E-state index in [1.165, 1.54) is 30.3 Å². The molecule has 3 aromatic carbocycles. The van der Waals surface area contributed by atoms with Crippen molar-refractivity contribution in [3.8, 4) is 5.75 Å². The number of benzene rings is 3. The highest BCUT2D eigenvalue weighted by atomic mass is 32.2. The SMILES string of the molecule is Cc1cccc(COc2cccc(C(=O)Nc3ccccc3S(=O)(=O)C(F)F)c2)c1. The van der Waals surface area contributed by atoms with Crippen molar-refractivity contribution in [3.63, 3.8) is 0 Å². The maximum atomic E-state index is 12.9. The molecule has 0 aliphatic rings. The fourth-order valence-electron chi connectivity index (χ4n) is 2.80. The molecule has 3 aromatic rings. The van der Waals surface area contributed by atoms with E-state index in [9.17, 15) is 22.0 Å². The molecule has 0 saturated heterocycles. The van der Waals surface area contributed by atoms with Crippen LogP contribution in [0.4, 0.5) is 14.5 Å². The molecule has 0 radical (unpaired) electrons. The Balaban J connectivity index is 1.77. The lowest BCUT2D eigenvalue weighted by Gasteiger charge is -2.12. The minimum absolute atomic E-state index is 0.195. The van der Waals surface area contributed by atoms with E-state index in [0.717, 1.165) is 17.2 Å². The minimum atomic E-state index is -4.86. The van der Waals surface area contributed by atoms with Crippen molar-refractivity contribution >= 4 is 21.4 Å². The summed E-state index contributed by atoms with van der Waals surface area (Å²) in [6.45, 7) is 2.28. The van der Waals surface area contributed by atoms with Gasteiger partial charge in [-0.1, -0.05) is 48.0 Å². The van der Waals surface area contributed by atoms with Crippen molar-refractivity contribution in [1.29, 1.82) is 0 Å². The third kappa shape index (κ3) is 5.01. The Labute approximate surface area is 173 Å². The number of aryl methyl sites for hydroxylation is 1. The van der Waals surface area contributed by atoms with E-state index in [4.69, 9.17) is 4.74 Å². The van der Waals surface area contributed by atoms with Gasteiger partial charge in [-0.2, -0.15) is 8.78 Å². The lowest BCUT2D eigenvalue weighted by atomic mass is 10.1. The van der Waals surface area contributed by atoms with Gasteiger partial charge in [0.15, 0.2) is 0 Å². The van der Waals surface area contributed by atoms with Crippen LogP contribution in [0.2, 0.25) is 0 Å². The molecule has 0 aliphatic carbocycles. The molecule has 0 bridgehead atoms. The van der Waals surface area contributed by atoms with Gasteiger partial charge < -0.3 is 10.1 Å². The summed E-state index contributed by atoms with van der Waals surface area (Å²) >= 11 is 0. The van der Waals surface area contributed by atoms with Gasteiger partial charge in [0.05, 0.1) is 10.6 Å². The quantitative estimate of drug-likeness (QED) is 0.582. The molecule has 30 heavy (non-hydrogen) atoms. The third-order valence-electron chi connectivity index (χ3n) is 4.26. The average molecular weight is 431 g/mol. The van der Waals surface area contributed by atoms with E-state index < -0.39 is 26.4 Å². The van der Waals surface area contributed by atoms with Crippen LogP contribution < -0.4 is 10.1 Å². The zero-order chi connectivity index (χ0) is 21.7. The number of hydrogen-bond donors (Lipinski definition) is 1. The average Bonchev–Trinajstić information content (AvgIpc) is 2.72. The Hall–Kier alpha value is -3.26. The second kappa shape index (κ2) is 9.04. The largest absolute Gasteiger partial charge is 0.489 e. The second-order valence-corrected chi connectivity index (χ2v) is 8.45. The first-order valence-corrected chi connectivity index (χ1v) is 10.5. The van der Waals surface area contributed by atoms with E-state index in [2.05, 4.69) is 5.32 Å². The zero-order valence-corrected chi connectivity index (χ0v) is 16.8. The fraction of sp³-hybridized carbons (Fsp3) is 0.136. The molecule has 3 rings (SSSR count). The molecule has 5 nitrogen and oxygen atoms in total. The van der Waals surface area contributed by atoms with E-state index in [1.807, 2.05) is 31.2 Å². The molecule has 1 N–H and O–H groups in total.